The normalized spacial score (nSPS) is 10.7. The van der Waals surface area contributed by atoms with Gasteiger partial charge in [0.15, 0.2) is 0 Å². The Hall–Kier alpha value is -1.24. The predicted molar refractivity (Wildman–Crippen MR) is 159 cm³/mol. The van der Waals surface area contributed by atoms with Gasteiger partial charge in [0.05, 0.1) is 24.3 Å². The summed E-state index contributed by atoms with van der Waals surface area (Å²) in [6.07, 6.45) is 13.3. The van der Waals surface area contributed by atoms with Crippen LogP contribution in [0.15, 0.2) is 24.3 Å². The van der Waals surface area contributed by atoms with Crippen molar-refractivity contribution in [3.63, 3.8) is 0 Å². The van der Waals surface area contributed by atoms with Crippen molar-refractivity contribution in [1.29, 1.82) is 0 Å². The minimum atomic E-state index is -1.99. The fourth-order valence-electron chi connectivity index (χ4n) is 3.86. The number of hydrogen-bond acceptors (Lipinski definition) is 5. The van der Waals surface area contributed by atoms with Crippen LogP contribution < -0.4 is 0 Å². The van der Waals surface area contributed by atoms with Gasteiger partial charge in [0.1, 0.15) is 0 Å². The minimum absolute atomic E-state index is 0.287. The second-order valence-corrected chi connectivity index (χ2v) is 17.0. The second-order valence-electron chi connectivity index (χ2n) is 11.0. The molecule has 0 atom stereocenters. The summed E-state index contributed by atoms with van der Waals surface area (Å²) in [5.41, 5.74) is 0.573. The molecule has 0 aliphatic heterocycles. The number of benzene rings is 1. The van der Waals surface area contributed by atoms with Crippen molar-refractivity contribution in [2.24, 2.45) is 11.8 Å². The zero-order chi connectivity index (χ0) is 28.6. The number of unbranched alkanes of at least 4 members (excludes halogenated alkanes) is 6. The zero-order valence-electron chi connectivity index (χ0n) is 25.3. The zero-order valence-corrected chi connectivity index (χ0v) is 28.2. The molecule has 0 aliphatic carbocycles. The Morgan fingerprint density at radius 2 is 1.05 bits per heavy atom. The van der Waals surface area contributed by atoms with Crippen molar-refractivity contribution in [3.05, 3.63) is 35.4 Å². The SMILES string of the molecule is CC(C)CCCCCOC(=O)c1ccccc1C(=O)OCCCCCC(C)C.CCC[CH2][Sn](=[O])[CH2]CCC. The number of carbonyl (C=O) groups is 2. The monoisotopic (exact) mass is 640 g/mol. The van der Waals surface area contributed by atoms with Crippen LogP contribution in [0.3, 0.4) is 0 Å². The molecule has 0 spiro atoms. The molecular formula is C32H56O5Sn. The quantitative estimate of drug-likeness (QED) is 0.0808. The van der Waals surface area contributed by atoms with Crippen LogP contribution >= 0.6 is 0 Å². The molecule has 218 valence electrons. The maximum atomic E-state index is 12.4. The molecule has 0 fully saturated rings. The van der Waals surface area contributed by atoms with Crippen molar-refractivity contribution >= 4 is 31.7 Å². The molecule has 5 nitrogen and oxygen atoms in total. The van der Waals surface area contributed by atoms with Crippen LogP contribution in [0.4, 0.5) is 0 Å². The van der Waals surface area contributed by atoms with E-state index in [9.17, 15) is 12.7 Å². The number of carbonyl (C=O) groups excluding carboxylic acids is 2. The predicted octanol–water partition coefficient (Wildman–Crippen LogP) is 9.44. The Kier molecular flexibility index (Phi) is 24.0. The van der Waals surface area contributed by atoms with Gasteiger partial charge in [-0.1, -0.05) is 78.4 Å². The average Bonchev–Trinajstić information content (AvgIpc) is 2.89. The van der Waals surface area contributed by atoms with Gasteiger partial charge in [0.2, 0.25) is 0 Å². The van der Waals surface area contributed by atoms with Crippen LogP contribution in [0, 0.1) is 11.8 Å². The van der Waals surface area contributed by atoms with Gasteiger partial charge in [0, 0.05) is 0 Å². The van der Waals surface area contributed by atoms with Gasteiger partial charge >= 0.3 is 83.2 Å². The summed E-state index contributed by atoms with van der Waals surface area (Å²) in [6, 6.07) is 6.73. The van der Waals surface area contributed by atoms with E-state index >= 15 is 0 Å². The van der Waals surface area contributed by atoms with Crippen molar-refractivity contribution in [3.8, 4) is 0 Å². The molecule has 0 bridgehead atoms. The fraction of sp³-hybridized carbons (Fsp3) is 0.750. The van der Waals surface area contributed by atoms with Gasteiger partial charge < -0.3 is 9.47 Å². The van der Waals surface area contributed by atoms with Crippen molar-refractivity contribution in [2.45, 2.75) is 127 Å². The summed E-state index contributed by atoms with van der Waals surface area (Å²) in [5.74, 6) is 0.507. The molecule has 0 saturated carbocycles. The maximum absolute atomic E-state index is 12.4. The van der Waals surface area contributed by atoms with E-state index in [1.54, 1.807) is 24.3 Å². The molecule has 38 heavy (non-hydrogen) atoms. The standard InChI is InChI=1S/C24H38O4.2C4H9.O.Sn/c1-19(2)13-7-5-11-17-27-23(25)21-15-9-10-16-22(21)24(26)28-18-12-6-8-14-20(3)4;2*1-3-4-2;;/h9-10,15-16,19-20H,5-8,11-14,17-18H2,1-4H3;2*1,3-4H2,2H3;;. The molecule has 0 aromatic heterocycles. The van der Waals surface area contributed by atoms with Crippen LogP contribution in [-0.2, 0) is 12.6 Å². The number of esters is 2. The molecule has 0 heterocycles. The van der Waals surface area contributed by atoms with Crippen molar-refractivity contribution < 1.29 is 22.1 Å². The topological polar surface area (TPSA) is 69.7 Å². The first kappa shape index (κ1) is 36.8. The van der Waals surface area contributed by atoms with Gasteiger partial charge in [-0.15, -0.1) is 0 Å². The molecule has 6 heteroatoms. The van der Waals surface area contributed by atoms with E-state index in [-0.39, 0.29) is 11.1 Å². The first-order chi connectivity index (χ1) is 18.2. The van der Waals surface area contributed by atoms with E-state index in [2.05, 4.69) is 41.5 Å². The third-order valence-corrected chi connectivity index (χ3v) is 11.5. The van der Waals surface area contributed by atoms with Gasteiger partial charge in [0.25, 0.3) is 0 Å². The Morgan fingerprint density at radius 1 is 0.658 bits per heavy atom. The van der Waals surface area contributed by atoms with Gasteiger partial charge in [-0.2, -0.15) is 0 Å². The van der Waals surface area contributed by atoms with Crippen molar-refractivity contribution in [2.75, 3.05) is 13.2 Å². The number of hydrogen-bond donors (Lipinski definition) is 0. The third kappa shape index (κ3) is 20.7. The Morgan fingerprint density at radius 3 is 1.39 bits per heavy atom. The second kappa shape index (κ2) is 24.8. The number of rotatable bonds is 20. The van der Waals surface area contributed by atoms with Crippen LogP contribution in [0.2, 0.25) is 8.87 Å². The van der Waals surface area contributed by atoms with Gasteiger partial charge in [-0.3, -0.25) is 0 Å². The summed E-state index contributed by atoms with van der Waals surface area (Å²) in [7, 11) is 0. The van der Waals surface area contributed by atoms with E-state index in [1.165, 1.54) is 38.5 Å². The molecule has 0 aliphatic rings. The summed E-state index contributed by atoms with van der Waals surface area (Å²) in [5, 5.41) is 0. The van der Waals surface area contributed by atoms with Crippen LogP contribution in [0.5, 0.6) is 0 Å². The Balaban J connectivity index is 0.00000115. The molecule has 1 rings (SSSR count). The van der Waals surface area contributed by atoms with E-state index in [0.717, 1.165) is 47.4 Å². The van der Waals surface area contributed by atoms with Crippen molar-refractivity contribution in [1.82, 2.24) is 0 Å². The van der Waals surface area contributed by atoms with E-state index in [0.29, 0.717) is 25.0 Å². The molecule has 0 amide bonds. The Labute approximate surface area is 241 Å². The fourth-order valence-corrected chi connectivity index (χ4v) is 8.84. The molecule has 1 aromatic rings. The molecular weight excluding hydrogens is 583 g/mol. The van der Waals surface area contributed by atoms with E-state index in [1.807, 2.05) is 0 Å². The Bertz CT molecular complexity index is 699. The third-order valence-electron chi connectivity index (χ3n) is 6.30. The first-order valence-electron chi connectivity index (χ1n) is 15.2. The van der Waals surface area contributed by atoms with Crippen LogP contribution in [0.1, 0.15) is 139 Å². The van der Waals surface area contributed by atoms with Crippen LogP contribution in [0.25, 0.3) is 0 Å². The molecule has 0 unspecified atom stereocenters. The van der Waals surface area contributed by atoms with Gasteiger partial charge in [-0.05, 0) is 36.8 Å². The summed E-state index contributed by atoms with van der Waals surface area (Å²) in [6.45, 7) is 13.9. The number of ether oxygens (including phenoxy) is 2. The summed E-state index contributed by atoms with van der Waals surface area (Å²) in [4.78, 5) is 24.7. The van der Waals surface area contributed by atoms with E-state index in [4.69, 9.17) is 9.47 Å². The molecule has 0 N–H and O–H groups in total. The first-order valence-corrected chi connectivity index (χ1v) is 20.4. The molecule has 1 aromatic carbocycles. The van der Waals surface area contributed by atoms with E-state index < -0.39 is 31.7 Å². The van der Waals surface area contributed by atoms with Crippen LogP contribution in [-0.4, -0.2) is 44.9 Å². The molecule has 0 saturated heterocycles. The average molecular weight is 640 g/mol. The van der Waals surface area contributed by atoms with Gasteiger partial charge in [-0.25, -0.2) is 9.59 Å². The summed E-state index contributed by atoms with van der Waals surface area (Å²) < 4.78 is 24.1. The molecule has 0 radical (unpaired) electrons. The summed E-state index contributed by atoms with van der Waals surface area (Å²) >= 11 is -1.99.